The monoisotopic (exact) mass is 478 g/mol. The third kappa shape index (κ3) is 27.5. The molecule has 2 N–H and O–H groups in total. The lowest BCUT2D eigenvalue weighted by atomic mass is 10.2. The minimum atomic E-state index is -0.0432. The molecule has 0 saturated heterocycles. The molecule has 0 saturated carbocycles. The molecule has 8 heteroatoms. The zero-order valence-electron chi connectivity index (χ0n) is 20.8. The molecule has 6 nitrogen and oxygen atoms in total. The predicted molar refractivity (Wildman–Crippen MR) is 136 cm³/mol. The number of carbonyl (C=O) groups is 1. The maximum absolute atomic E-state index is 11.6. The van der Waals surface area contributed by atoms with Gasteiger partial charge in [-0.05, 0) is 25.6 Å². The predicted octanol–water partition coefficient (Wildman–Crippen LogP) is 4.34. The Balaban J connectivity index is 0. The molecule has 0 aliphatic rings. The van der Waals surface area contributed by atoms with Crippen LogP contribution >= 0.6 is 21.6 Å². The largest absolute Gasteiger partial charge is 0.379 e. The third-order valence-corrected chi connectivity index (χ3v) is 5.51. The highest BCUT2D eigenvalue weighted by Gasteiger charge is 2.09. The van der Waals surface area contributed by atoms with E-state index < -0.39 is 0 Å². The molecule has 0 spiro atoms. The number of hydrogen-bond acceptors (Lipinski definition) is 7. The Kier molecular flexibility index (Phi) is 27.3. The first kappa shape index (κ1) is 32.7. The topological polar surface area (TPSA) is 68.8 Å². The van der Waals surface area contributed by atoms with Gasteiger partial charge in [-0.1, -0.05) is 75.0 Å². The van der Waals surface area contributed by atoms with E-state index in [4.69, 9.17) is 14.2 Å². The molecule has 1 amide bonds. The summed E-state index contributed by atoms with van der Waals surface area (Å²) in [5.74, 6) is 6.20. The maximum Gasteiger partial charge on any atom is 0.223 e. The summed E-state index contributed by atoms with van der Waals surface area (Å²) in [6, 6.07) is 0.525. The van der Waals surface area contributed by atoms with Crippen LogP contribution in [0.5, 0.6) is 0 Å². The number of rotatable bonds is 18. The van der Waals surface area contributed by atoms with E-state index in [-0.39, 0.29) is 11.3 Å². The summed E-state index contributed by atoms with van der Waals surface area (Å²) in [5, 5.41) is 6.18. The molecular formula is C23H46N2O4S2. The van der Waals surface area contributed by atoms with Crippen LogP contribution in [0.3, 0.4) is 0 Å². The van der Waals surface area contributed by atoms with Crippen LogP contribution in [0.2, 0.25) is 0 Å². The van der Waals surface area contributed by atoms with E-state index in [1.54, 1.807) is 21.6 Å². The molecule has 0 radical (unpaired) electrons. The van der Waals surface area contributed by atoms with Gasteiger partial charge in [0.05, 0.1) is 39.6 Å². The van der Waals surface area contributed by atoms with E-state index in [1.807, 2.05) is 27.7 Å². The Hall–Kier alpha value is -0.430. The molecule has 184 valence electrons. The molecule has 0 bridgehead atoms. The second-order valence-electron chi connectivity index (χ2n) is 7.04. The fraction of sp³-hybridized carbons (Fsp3) is 0.870. The van der Waals surface area contributed by atoms with Gasteiger partial charge in [-0.2, -0.15) is 0 Å². The quantitative estimate of drug-likeness (QED) is 0.131. The van der Waals surface area contributed by atoms with Crippen LogP contribution in [-0.4, -0.2) is 69.8 Å². The fourth-order valence-corrected chi connectivity index (χ4v) is 3.87. The first-order chi connectivity index (χ1) is 15.0. The van der Waals surface area contributed by atoms with Crippen molar-refractivity contribution in [3.8, 4) is 11.8 Å². The van der Waals surface area contributed by atoms with Gasteiger partial charge in [0, 0.05) is 18.4 Å². The van der Waals surface area contributed by atoms with Crippen LogP contribution in [0.25, 0.3) is 0 Å². The third-order valence-electron chi connectivity index (χ3n) is 3.51. The molecule has 0 aromatic rings. The van der Waals surface area contributed by atoms with Gasteiger partial charge < -0.3 is 24.8 Å². The molecule has 0 fully saturated rings. The van der Waals surface area contributed by atoms with Crippen LogP contribution in [-0.2, 0) is 19.0 Å². The summed E-state index contributed by atoms with van der Waals surface area (Å²) in [6.45, 7) is 16.3. The van der Waals surface area contributed by atoms with E-state index in [1.165, 1.54) is 0 Å². The van der Waals surface area contributed by atoms with Gasteiger partial charge in [-0.3, -0.25) is 4.79 Å². The van der Waals surface area contributed by atoms with E-state index in [0.717, 1.165) is 19.4 Å². The average molecular weight is 479 g/mol. The standard InChI is InChI=1S/C21H40N2O4S2.C2H6/c1-18(2)8-6-12-23-20(24)10-13-25-14-15-26-16-17-27-21(29-28-5)9-7-11-22-19(3)4;1-2/h18-19,21-22H,7,9-17H2,1-5H3,(H,23,24);1-2H3. The number of hydrogen-bond donors (Lipinski definition) is 2. The Labute approximate surface area is 199 Å². The zero-order valence-corrected chi connectivity index (χ0v) is 22.4. The Morgan fingerprint density at radius 1 is 1.00 bits per heavy atom. The zero-order chi connectivity index (χ0) is 23.7. The lowest BCUT2D eigenvalue weighted by molar-refractivity contribution is -0.122. The van der Waals surface area contributed by atoms with Gasteiger partial charge in [0.1, 0.15) is 5.44 Å². The Morgan fingerprint density at radius 3 is 2.26 bits per heavy atom. The van der Waals surface area contributed by atoms with Gasteiger partial charge in [0.15, 0.2) is 0 Å². The smallest absolute Gasteiger partial charge is 0.223 e. The van der Waals surface area contributed by atoms with E-state index in [0.29, 0.717) is 58.0 Å². The Bertz CT molecular complexity index is 455. The van der Waals surface area contributed by atoms with Gasteiger partial charge >= 0.3 is 0 Å². The molecular weight excluding hydrogens is 432 g/mol. The molecule has 0 aliphatic heterocycles. The van der Waals surface area contributed by atoms with Crippen molar-refractivity contribution < 1.29 is 19.0 Å². The summed E-state index contributed by atoms with van der Waals surface area (Å²) in [4.78, 5) is 11.6. The highest BCUT2D eigenvalue weighted by atomic mass is 33.1. The fourth-order valence-electron chi connectivity index (χ4n) is 2.14. The highest BCUT2D eigenvalue weighted by molar-refractivity contribution is 8.76. The van der Waals surface area contributed by atoms with E-state index in [2.05, 4.69) is 42.6 Å². The van der Waals surface area contributed by atoms with Crippen LogP contribution in [0.4, 0.5) is 0 Å². The van der Waals surface area contributed by atoms with Crippen molar-refractivity contribution in [3.05, 3.63) is 0 Å². The van der Waals surface area contributed by atoms with Crippen LogP contribution in [0.1, 0.15) is 60.8 Å². The second-order valence-corrected chi connectivity index (χ2v) is 9.67. The lowest BCUT2D eigenvalue weighted by Crippen LogP contribution is -2.25. The molecule has 31 heavy (non-hydrogen) atoms. The molecule has 0 heterocycles. The van der Waals surface area contributed by atoms with Gasteiger partial charge in [-0.15, -0.1) is 0 Å². The summed E-state index contributed by atoms with van der Waals surface area (Å²) in [7, 11) is 3.49. The van der Waals surface area contributed by atoms with Crippen molar-refractivity contribution >= 4 is 27.5 Å². The van der Waals surface area contributed by atoms with Crippen molar-refractivity contribution in [2.24, 2.45) is 5.92 Å². The average Bonchev–Trinajstić information content (AvgIpc) is 2.74. The number of carbonyl (C=O) groups excluding carboxylic acids is 1. The van der Waals surface area contributed by atoms with E-state index in [9.17, 15) is 4.79 Å². The maximum atomic E-state index is 11.6. The van der Waals surface area contributed by atoms with Gasteiger partial charge in [-0.25, -0.2) is 0 Å². The first-order valence-corrected chi connectivity index (χ1v) is 14.0. The molecule has 1 unspecified atom stereocenters. The second kappa shape index (κ2) is 25.8. The van der Waals surface area contributed by atoms with Crippen LogP contribution < -0.4 is 10.6 Å². The Morgan fingerprint density at radius 2 is 1.65 bits per heavy atom. The normalized spacial score (nSPS) is 11.5. The molecule has 0 aliphatic carbocycles. The minimum absolute atomic E-state index is 0.0432. The van der Waals surface area contributed by atoms with Gasteiger partial charge in [0.2, 0.25) is 5.91 Å². The van der Waals surface area contributed by atoms with Crippen molar-refractivity contribution in [1.29, 1.82) is 0 Å². The molecule has 1 atom stereocenters. The van der Waals surface area contributed by atoms with Crippen molar-refractivity contribution in [1.82, 2.24) is 10.6 Å². The SMILES string of the molecule is CC.CSSC(CCCNC(C)C)OCCOCCOCCC(=O)NCC#CC(C)C. The highest BCUT2D eigenvalue weighted by Crippen LogP contribution is 2.27. The summed E-state index contributed by atoms with van der Waals surface area (Å²) >= 11 is 0. The molecule has 0 aromatic carbocycles. The summed E-state index contributed by atoms with van der Waals surface area (Å²) in [5.41, 5.74) is 0.197. The lowest BCUT2D eigenvalue weighted by Gasteiger charge is -2.17. The van der Waals surface area contributed by atoms with Crippen LogP contribution in [0, 0.1) is 17.8 Å². The summed E-state index contributed by atoms with van der Waals surface area (Å²) < 4.78 is 16.8. The minimum Gasteiger partial charge on any atom is -0.379 e. The number of amides is 1. The van der Waals surface area contributed by atoms with Crippen LogP contribution in [0.15, 0.2) is 0 Å². The number of ether oxygens (including phenoxy) is 3. The van der Waals surface area contributed by atoms with E-state index >= 15 is 0 Å². The van der Waals surface area contributed by atoms with Crippen molar-refractivity contribution in [3.63, 3.8) is 0 Å². The molecule has 0 rings (SSSR count). The van der Waals surface area contributed by atoms with Gasteiger partial charge in [0.25, 0.3) is 0 Å². The number of nitrogens with one attached hydrogen (secondary N) is 2. The van der Waals surface area contributed by atoms with Crippen molar-refractivity contribution in [2.75, 3.05) is 52.4 Å². The summed E-state index contributed by atoms with van der Waals surface area (Å²) in [6.07, 6.45) is 4.54. The molecule has 0 aromatic heterocycles. The first-order valence-electron chi connectivity index (χ1n) is 11.4. The van der Waals surface area contributed by atoms with Crippen molar-refractivity contribution in [2.45, 2.75) is 72.3 Å².